The molecule has 0 bridgehead atoms. The monoisotopic (exact) mass is 289 g/mol. The highest BCUT2D eigenvalue weighted by Gasteiger charge is 2.35. The van der Waals surface area contributed by atoms with Crippen LogP contribution in [-0.2, 0) is 9.59 Å². The molecule has 3 atom stereocenters. The molecular formula is C13H24ClN3O2. The number of nitrogens with zero attached hydrogens (tertiary/aromatic N) is 1. The van der Waals surface area contributed by atoms with E-state index in [2.05, 4.69) is 0 Å². The number of halogens is 1. The van der Waals surface area contributed by atoms with E-state index < -0.39 is 6.04 Å². The number of hydrogen-bond donors (Lipinski definition) is 2. The number of piperidine rings is 1. The van der Waals surface area contributed by atoms with Crippen LogP contribution in [0.3, 0.4) is 0 Å². The first-order valence-corrected chi connectivity index (χ1v) is 6.95. The highest BCUT2D eigenvalue weighted by molar-refractivity contribution is 5.88. The van der Waals surface area contributed by atoms with Crippen molar-refractivity contribution in [2.45, 2.75) is 57.0 Å². The number of amides is 2. The summed E-state index contributed by atoms with van der Waals surface area (Å²) in [7, 11) is 0. The summed E-state index contributed by atoms with van der Waals surface area (Å²) in [6.07, 6.45) is 6.31. The zero-order valence-corrected chi connectivity index (χ0v) is 12.0. The molecule has 2 fully saturated rings. The van der Waals surface area contributed by atoms with Crippen LogP contribution in [0, 0.1) is 5.92 Å². The normalized spacial score (nSPS) is 31.4. The van der Waals surface area contributed by atoms with Gasteiger partial charge in [-0.3, -0.25) is 9.59 Å². The number of nitrogens with two attached hydrogens (primary N) is 2. The summed E-state index contributed by atoms with van der Waals surface area (Å²) in [6.45, 7) is 0.665. The number of carbonyl (C=O) groups is 2. The van der Waals surface area contributed by atoms with Crippen molar-refractivity contribution in [1.82, 2.24) is 4.90 Å². The van der Waals surface area contributed by atoms with Gasteiger partial charge >= 0.3 is 0 Å². The number of primary amides is 1. The zero-order chi connectivity index (χ0) is 13.1. The Morgan fingerprint density at radius 2 is 1.79 bits per heavy atom. The van der Waals surface area contributed by atoms with Crippen LogP contribution in [0.5, 0.6) is 0 Å². The van der Waals surface area contributed by atoms with Crippen LogP contribution >= 0.6 is 12.4 Å². The molecule has 110 valence electrons. The second kappa shape index (κ2) is 7.10. The minimum Gasteiger partial charge on any atom is -0.368 e. The summed E-state index contributed by atoms with van der Waals surface area (Å²) in [5.41, 5.74) is 11.3. The van der Waals surface area contributed by atoms with Crippen molar-refractivity contribution in [2.75, 3.05) is 6.54 Å². The van der Waals surface area contributed by atoms with E-state index >= 15 is 0 Å². The van der Waals surface area contributed by atoms with Gasteiger partial charge in [0.25, 0.3) is 0 Å². The molecule has 2 aliphatic rings. The van der Waals surface area contributed by atoms with Crippen LogP contribution in [0.25, 0.3) is 0 Å². The van der Waals surface area contributed by atoms with Gasteiger partial charge in [-0.05, 0) is 38.5 Å². The van der Waals surface area contributed by atoms with Crippen LogP contribution in [0.2, 0.25) is 0 Å². The van der Waals surface area contributed by atoms with Crippen LogP contribution in [0.4, 0.5) is 0 Å². The third-order valence-electron chi connectivity index (χ3n) is 4.18. The summed E-state index contributed by atoms with van der Waals surface area (Å²) in [5.74, 6) is -0.287. The maximum Gasteiger partial charge on any atom is 0.240 e. The average Bonchev–Trinajstić information content (AvgIpc) is 2.38. The van der Waals surface area contributed by atoms with Crippen molar-refractivity contribution >= 4 is 24.2 Å². The summed E-state index contributed by atoms with van der Waals surface area (Å²) >= 11 is 0. The smallest absolute Gasteiger partial charge is 0.240 e. The third-order valence-corrected chi connectivity index (χ3v) is 4.18. The average molecular weight is 290 g/mol. The van der Waals surface area contributed by atoms with Gasteiger partial charge in [0.1, 0.15) is 6.04 Å². The first-order valence-electron chi connectivity index (χ1n) is 6.95. The number of likely N-dealkylation sites (tertiary alicyclic amines) is 1. The lowest BCUT2D eigenvalue weighted by Gasteiger charge is -2.37. The molecule has 2 amide bonds. The highest BCUT2D eigenvalue weighted by atomic mass is 35.5. The van der Waals surface area contributed by atoms with E-state index in [0.717, 1.165) is 38.5 Å². The van der Waals surface area contributed by atoms with Gasteiger partial charge in [-0.15, -0.1) is 12.4 Å². The van der Waals surface area contributed by atoms with Gasteiger partial charge in [0, 0.05) is 18.5 Å². The second-order valence-corrected chi connectivity index (χ2v) is 5.57. The molecule has 1 saturated heterocycles. The molecule has 19 heavy (non-hydrogen) atoms. The molecule has 1 aliphatic carbocycles. The van der Waals surface area contributed by atoms with Crippen molar-refractivity contribution in [2.24, 2.45) is 17.4 Å². The molecular weight excluding hydrogens is 266 g/mol. The minimum absolute atomic E-state index is 0. The second-order valence-electron chi connectivity index (χ2n) is 5.57. The van der Waals surface area contributed by atoms with Gasteiger partial charge in [0.05, 0.1) is 0 Å². The lowest BCUT2D eigenvalue weighted by Crippen LogP contribution is -2.53. The van der Waals surface area contributed by atoms with Gasteiger partial charge in [-0.2, -0.15) is 0 Å². The van der Waals surface area contributed by atoms with Gasteiger partial charge < -0.3 is 16.4 Å². The number of rotatable bonds is 2. The van der Waals surface area contributed by atoms with E-state index in [1.165, 1.54) is 0 Å². The fraction of sp³-hybridized carbons (Fsp3) is 0.846. The fourth-order valence-electron chi connectivity index (χ4n) is 3.18. The molecule has 0 aromatic rings. The molecule has 1 aliphatic heterocycles. The summed E-state index contributed by atoms with van der Waals surface area (Å²) < 4.78 is 0. The molecule has 6 heteroatoms. The van der Waals surface area contributed by atoms with E-state index in [-0.39, 0.29) is 36.2 Å². The molecule has 0 aromatic carbocycles. The largest absolute Gasteiger partial charge is 0.368 e. The summed E-state index contributed by atoms with van der Waals surface area (Å²) in [6, 6.07) is -0.270. The van der Waals surface area contributed by atoms with E-state index in [1.807, 2.05) is 0 Å². The van der Waals surface area contributed by atoms with Gasteiger partial charge in [-0.1, -0.05) is 6.42 Å². The van der Waals surface area contributed by atoms with E-state index in [9.17, 15) is 9.59 Å². The predicted molar refractivity (Wildman–Crippen MR) is 75.7 cm³/mol. The molecule has 1 heterocycles. The third kappa shape index (κ3) is 3.83. The van der Waals surface area contributed by atoms with Crippen molar-refractivity contribution in [3.8, 4) is 0 Å². The number of carbonyl (C=O) groups excluding carboxylic acids is 2. The lowest BCUT2D eigenvalue weighted by molar-refractivity contribution is -0.145. The fourth-order valence-corrected chi connectivity index (χ4v) is 3.18. The Labute approximate surface area is 120 Å². The Kier molecular flexibility index (Phi) is 6.07. The molecule has 0 spiro atoms. The van der Waals surface area contributed by atoms with Crippen LogP contribution < -0.4 is 11.5 Å². The maximum atomic E-state index is 12.5. The Bertz CT molecular complexity index is 338. The first-order chi connectivity index (χ1) is 8.59. The maximum absolute atomic E-state index is 12.5. The van der Waals surface area contributed by atoms with Gasteiger partial charge in [0.15, 0.2) is 0 Å². The Morgan fingerprint density at radius 3 is 2.42 bits per heavy atom. The quantitative estimate of drug-likeness (QED) is 0.788. The van der Waals surface area contributed by atoms with Crippen molar-refractivity contribution in [1.29, 1.82) is 0 Å². The van der Waals surface area contributed by atoms with Gasteiger partial charge in [-0.25, -0.2) is 0 Å². The van der Waals surface area contributed by atoms with E-state index in [0.29, 0.717) is 13.0 Å². The molecule has 4 N–H and O–H groups in total. The SMILES string of the molecule is Cl.NC(=O)C1CCCCN1C(=O)C1CCCC(N)C1. The Balaban J connectivity index is 0.00000180. The van der Waals surface area contributed by atoms with Crippen LogP contribution in [0.15, 0.2) is 0 Å². The molecule has 0 radical (unpaired) electrons. The summed E-state index contributed by atoms with van der Waals surface area (Å²) in [4.78, 5) is 25.6. The highest BCUT2D eigenvalue weighted by Crippen LogP contribution is 2.27. The van der Waals surface area contributed by atoms with Crippen LogP contribution in [0.1, 0.15) is 44.9 Å². The van der Waals surface area contributed by atoms with Crippen molar-refractivity contribution in [3.05, 3.63) is 0 Å². The topological polar surface area (TPSA) is 89.4 Å². The molecule has 0 aromatic heterocycles. The Morgan fingerprint density at radius 1 is 1.05 bits per heavy atom. The standard InChI is InChI=1S/C13H23N3O2.ClH/c14-10-5-3-4-9(8-10)13(18)16-7-2-1-6-11(16)12(15)17;/h9-11H,1-8,14H2,(H2,15,17);1H. The minimum atomic E-state index is -0.399. The Hall–Kier alpha value is -0.810. The van der Waals surface area contributed by atoms with E-state index in [1.54, 1.807) is 4.90 Å². The first kappa shape index (κ1) is 16.2. The molecule has 3 unspecified atom stereocenters. The van der Waals surface area contributed by atoms with E-state index in [4.69, 9.17) is 11.5 Å². The van der Waals surface area contributed by atoms with Crippen molar-refractivity contribution in [3.63, 3.8) is 0 Å². The lowest BCUT2D eigenvalue weighted by atomic mass is 9.84. The van der Waals surface area contributed by atoms with Gasteiger partial charge in [0.2, 0.25) is 11.8 Å². The molecule has 1 saturated carbocycles. The molecule has 5 nitrogen and oxygen atoms in total. The number of hydrogen-bond acceptors (Lipinski definition) is 3. The van der Waals surface area contributed by atoms with Crippen molar-refractivity contribution < 1.29 is 9.59 Å². The van der Waals surface area contributed by atoms with Crippen LogP contribution in [-0.4, -0.2) is 35.3 Å². The summed E-state index contributed by atoms with van der Waals surface area (Å²) in [5, 5.41) is 0. The zero-order valence-electron chi connectivity index (χ0n) is 11.2. The predicted octanol–water partition coefficient (Wildman–Crippen LogP) is 0.792. The molecule has 2 rings (SSSR count).